The Morgan fingerprint density at radius 1 is 1.35 bits per heavy atom. The number of hydrogen-bond donors (Lipinski definition) is 2. The van der Waals surface area contributed by atoms with E-state index in [1.165, 1.54) is 4.68 Å². The lowest BCUT2D eigenvalue weighted by Crippen LogP contribution is -2.06. The molecule has 0 radical (unpaired) electrons. The number of nitrogen functional groups attached to an aromatic ring is 1. The summed E-state index contributed by atoms with van der Waals surface area (Å²) >= 11 is 0. The molecule has 7 nitrogen and oxygen atoms in total. The molecule has 0 unspecified atom stereocenters. The summed E-state index contributed by atoms with van der Waals surface area (Å²) < 4.78 is 24.8. The molecule has 20 heavy (non-hydrogen) atoms. The minimum Gasteiger partial charge on any atom is -0.382 e. The molecular formula is C12H13N5O2S. The first kappa shape index (κ1) is 13.9. The van der Waals surface area contributed by atoms with Gasteiger partial charge in [0.15, 0.2) is 20.6 Å². The van der Waals surface area contributed by atoms with Gasteiger partial charge in [-0.3, -0.25) is 0 Å². The molecule has 104 valence electrons. The second-order valence-electron chi connectivity index (χ2n) is 4.16. The van der Waals surface area contributed by atoms with Crippen molar-refractivity contribution >= 4 is 21.5 Å². The predicted molar refractivity (Wildman–Crippen MR) is 75.3 cm³/mol. The molecule has 0 fully saturated rings. The lowest BCUT2D eigenvalue weighted by molar-refractivity contribution is 0.602. The number of sulfone groups is 1. The molecule has 1 heterocycles. The molecule has 0 spiro atoms. The summed E-state index contributed by atoms with van der Waals surface area (Å²) in [5.74, 6) is 0.218. The van der Waals surface area contributed by atoms with E-state index in [4.69, 9.17) is 11.0 Å². The fraction of sp³-hybridized carbons (Fsp3) is 0.167. The van der Waals surface area contributed by atoms with E-state index in [0.29, 0.717) is 11.3 Å². The Balaban J connectivity index is 2.64. The predicted octanol–water partition coefficient (Wildman–Crippen LogP) is 0.771. The zero-order valence-corrected chi connectivity index (χ0v) is 11.8. The van der Waals surface area contributed by atoms with Crippen molar-refractivity contribution in [3.63, 3.8) is 0 Å². The first-order valence-electron chi connectivity index (χ1n) is 5.65. The number of aromatic nitrogens is 2. The summed E-state index contributed by atoms with van der Waals surface area (Å²) in [6.07, 6.45) is 1.07. The van der Waals surface area contributed by atoms with Crippen LogP contribution in [0.25, 0.3) is 5.69 Å². The Labute approximate surface area is 116 Å². The topological polar surface area (TPSA) is 114 Å². The molecule has 0 amide bonds. The van der Waals surface area contributed by atoms with E-state index in [1.54, 1.807) is 31.3 Å². The summed E-state index contributed by atoms with van der Waals surface area (Å²) in [7, 11) is -1.93. The Bertz CT molecular complexity index is 784. The Kier molecular flexibility index (Phi) is 3.38. The van der Waals surface area contributed by atoms with Crippen molar-refractivity contribution in [3.8, 4) is 11.8 Å². The van der Waals surface area contributed by atoms with Gasteiger partial charge in [0.05, 0.1) is 17.3 Å². The number of nitrogens with zero attached hydrogens (tertiary/aromatic N) is 3. The third-order valence-corrected chi connectivity index (χ3v) is 3.87. The van der Waals surface area contributed by atoms with Crippen LogP contribution in [0, 0.1) is 11.3 Å². The second-order valence-corrected chi connectivity index (χ2v) is 6.11. The van der Waals surface area contributed by atoms with Crippen molar-refractivity contribution in [1.82, 2.24) is 9.78 Å². The largest absolute Gasteiger partial charge is 0.382 e. The van der Waals surface area contributed by atoms with E-state index in [9.17, 15) is 8.42 Å². The summed E-state index contributed by atoms with van der Waals surface area (Å²) in [6, 6.07) is 8.51. The highest BCUT2D eigenvalue weighted by atomic mass is 32.2. The van der Waals surface area contributed by atoms with Gasteiger partial charge >= 0.3 is 0 Å². The van der Waals surface area contributed by atoms with E-state index >= 15 is 0 Å². The van der Waals surface area contributed by atoms with Gasteiger partial charge in [0.2, 0.25) is 0 Å². The standard InChI is InChI=1S/C12H13N5O2S/c1-15-12-10(20(2,18)19)11(14)17(16-12)9-5-3-8(7-13)4-6-9/h3-6H,14H2,1-2H3,(H,15,16). The fourth-order valence-corrected chi connectivity index (χ4v) is 2.78. The molecule has 0 saturated heterocycles. The van der Waals surface area contributed by atoms with Gasteiger partial charge in [0.25, 0.3) is 0 Å². The van der Waals surface area contributed by atoms with E-state index in [0.717, 1.165) is 6.26 Å². The highest BCUT2D eigenvalue weighted by Crippen LogP contribution is 2.29. The van der Waals surface area contributed by atoms with E-state index < -0.39 is 9.84 Å². The van der Waals surface area contributed by atoms with Crippen LogP contribution in [0.1, 0.15) is 5.56 Å². The van der Waals surface area contributed by atoms with Crippen molar-refractivity contribution in [1.29, 1.82) is 5.26 Å². The lowest BCUT2D eigenvalue weighted by atomic mass is 10.2. The molecule has 0 aliphatic rings. The van der Waals surface area contributed by atoms with Gasteiger partial charge in [-0.25, -0.2) is 13.1 Å². The van der Waals surface area contributed by atoms with Crippen LogP contribution in [0.15, 0.2) is 29.2 Å². The molecule has 2 rings (SSSR count). The normalized spacial score (nSPS) is 11.1. The van der Waals surface area contributed by atoms with Crippen LogP contribution < -0.4 is 11.1 Å². The lowest BCUT2D eigenvalue weighted by Gasteiger charge is -2.04. The van der Waals surface area contributed by atoms with Crippen molar-refractivity contribution in [2.75, 3.05) is 24.4 Å². The number of nitrogens with one attached hydrogen (secondary N) is 1. The highest BCUT2D eigenvalue weighted by molar-refractivity contribution is 7.91. The molecule has 0 bridgehead atoms. The second kappa shape index (κ2) is 4.86. The third kappa shape index (κ3) is 2.31. The van der Waals surface area contributed by atoms with Gasteiger partial charge in [-0.1, -0.05) is 0 Å². The molecule has 1 aromatic carbocycles. The molecule has 0 aliphatic heterocycles. The minimum absolute atomic E-state index is 0.0292. The van der Waals surface area contributed by atoms with Crippen LogP contribution in [0.4, 0.5) is 11.6 Å². The molecular weight excluding hydrogens is 278 g/mol. The molecule has 1 aromatic heterocycles. The zero-order valence-electron chi connectivity index (χ0n) is 11.0. The summed E-state index contributed by atoms with van der Waals surface area (Å²) in [6.45, 7) is 0. The highest BCUT2D eigenvalue weighted by Gasteiger charge is 2.24. The number of rotatable bonds is 3. The first-order chi connectivity index (χ1) is 9.38. The van der Waals surface area contributed by atoms with E-state index in [2.05, 4.69) is 10.4 Å². The van der Waals surface area contributed by atoms with Gasteiger partial charge < -0.3 is 11.1 Å². The van der Waals surface area contributed by atoms with E-state index in [1.807, 2.05) is 6.07 Å². The average Bonchev–Trinajstić information content (AvgIpc) is 2.75. The maximum atomic E-state index is 11.8. The number of nitrogens with two attached hydrogens (primary N) is 1. The Morgan fingerprint density at radius 2 is 1.95 bits per heavy atom. The average molecular weight is 291 g/mol. The van der Waals surface area contributed by atoms with E-state index in [-0.39, 0.29) is 16.5 Å². The van der Waals surface area contributed by atoms with Crippen LogP contribution >= 0.6 is 0 Å². The molecule has 2 aromatic rings. The van der Waals surface area contributed by atoms with Crippen molar-refractivity contribution < 1.29 is 8.42 Å². The third-order valence-electron chi connectivity index (χ3n) is 2.72. The van der Waals surface area contributed by atoms with Crippen LogP contribution in [-0.4, -0.2) is 31.5 Å². The zero-order chi connectivity index (χ0) is 14.9. The van der Waals surface area contributed by atoms with Crippen LogP contribution in [0.2, 0.25) is 0 Å². The quantitative estimate of drug-likeness (QED) is 0.863. The summed E-state index contributed by atoms with van der Waals surface area (Å²) in [5.41, 5.74) is 6.96. The van der Waals surface area contributed by atoms with Crippen LogP contribution in [-0.2, 0) is 9.84 Å². The van der Waals surface area contributed by atoms with Gasteiger partial charge in [-0.05, 0) is 24.3 Å². The van der Waals surface area contributed by atoms with Crippen molar-refractivity contribution in [2.24, 2.45) is 0 Å². The first-order valence-corrected chi connectivity index (χ1v) is 7.54. The Morgan fingerprint density at radius 3 is 2.35 bits per heavy atom. The molecule has 8 heteroatoms. The molecule has 0 aliphatic carbocycles. The molecule has 3 N–H and O–H groups in total. The Hall–Kier alpha value is -2.53. The molecule has 0 saturated carbocycles. The SMILES string of the molecule is CNc1nn(-c2ccc(C#N)cc2)c(N)c1S(C)(=O)=O. The number of nitriles is 1. The monoisotopic (exact) mass is 291 g/mol. The summed E-state index contributed by atoms with van der Waals surface area (Å²) in [5, 5.41) is 15.6. The maximum Gasteiger partial charge on any atom is 0.182 e. The minimum atomic E-state index is -3.50. The number of benzene rings is 1. The van der Waals surface area contributed by atoms with Crippen molar-refractivity contribution in [2.45, 2.75) is 4.90 Å². The number of anilines is 2. The van der Waals surface area contributed by atoms with Gasteiger partial charge in [0.1, 0.15) is 5.82 Å². The number of hydrogen-bond acceptors (Lipinski definition) is 6. The van der Waals surface area contributed by atoms with Gasteiger partial charge in [-0.15, -0.1) is 5.10 Å². The van der Waals surface area contributed by atoms with Crippen molar-refractivity contribution in [3.05, 3.63) is 29.8 Å². The van der Waals surface area contributed by atoms with Gasteiger partial charge in [-0.2, -0.15) is 5.26 Å². The summed E-state index contributed by atoms with van der Waals surface area (Å²) in [4.78, 5) is -0.0376. The maximum absolute atomic E-state index is 11.8. The smallest absolute Gasteiger partial charge is 0.182 e. The molecule has 0 atom stereocenters. The van der Waals surface area contributed by atoms with Gasteiger partial charge in [0, 0.05) is 13.3 Å². The van der Waals surface area contributed by atoms with Crippen LogP contribution in [0.5, 0.6) is 0 Å². The fourth-order valence-electron chi connectivity index (χ4n) is 1.82. The van der Waals surface area contributed by atoms with Crippen LogP contribution in [0.3, 0.4) is 0 Å².